The Morgan fingerprint density at radius 3 is 2.80 bits per heavy atom. The highest BCUT2D eigenvalue weighted by molar-refractivity contribution is 9.10. The van der Waals surface area contributed by atoms with Crippen LogP contribution in [0.1, 0.15) is 5.69 Å². The number of pyridine rings is 1. The van der Waals surface area contributed by atoms with Crippen molar-refractivity contribution >= 4 is 33.3 Å². The Bertz CT molecular complexity index is 239. The molecule has 2 N–H and O–H groups in total. The van der Waals surface area contributed by atoms with E-state index in [9.17, 15) is 0 Å². The summed E-state index contributed by atoms with van der Waals surface area (Å²) in [6, 6.07) is 3.66. The van der Waals surface area contributed by atoms with E-state index in [-0.39, 0.29) is 0 Å². The molecule has 0 radical (unpaired) electrons. The van der Waals surface area contributed by atoms with Gasteiger partial charge in [-0.05, 0) is 28.1 Å². The zero-order valence-corrected chi connectivity index (χ0v) is 7.48. The quantitative estimate of drug-likeness (QED) is 0.738. The van der Waals surface area contributed by atoms with Gasteiger partial charge in [0.1, 0.15) is 5.82 Å². The van der Waals surface area contributed by atoms with Crippen molar-refractivity contribution in [2.75, 3.05) is 5.73 Å². The molecule has 0 saturated carbocycles. The number of rotatable bonds is 1. The van der Waals surface area contributed by atoms with E-state index < -0.39 is 0 Å². The highest BCUT2D eigenvalue weighted by Crippen LogP contribution is 2.16. The number of nitrogen functional groups attached to an aromatic ring is 1. The third-order valence-corrected chi connectivity index (χ3v) is 2.01. The maximum Gasteiger partial charge on any atom is 0.138 e. The van der Waals surface area contributed by atoms with Crippen LogP contribution in [0, 0.1) is 0 Å². The van der Waals surface area contributed by atoms with E-state index in [1.54, 1.807) is 0 Å². The molecule has 0 aromatic carbocycles. The summed E-state index contributed by atoms with van der Waals surface area (Å²) in [6.07, 6.45) is 0. The first-order valence-electron chi connectivity index (χ1n) is 2.71. The molecule has 0 saturated heterocycles. The predicted molar refractivity (Wildman–Crippen MR) is 45.9 cm³/mol. The average molecular weight is 221 g/mol. The lowest BCUT2D eigenvalue weighted by Crippen LogP contribution is -1.94. The van der Waals surface area contributed by atoms with Gasteiger partial charge in [0.15, 0.2) is 0 Å². The summed E-state index contributed by atoms with van der Waals surface area (Å²) >= 11 is 8.75. The number of anilines is 1. The molecule has 0 aliphatic heterocycles. The van der Waals surface area contributed by atoms with Gasteiger partial charge in [-0.1, -0.05) is 0 Å². The summed E-state index contributed by atoms with van der Waals surface area (Å²) in [5, 5.41) is 0. The van der Waals surface area contributed by atoms with Crippen molar-refractivity contribution in [1.29, 1.82) is 0 Å². The summed E-state index contributed by atoms with van der Waals surface area (Å²) in [7, 11) is 0. The fourth-order valence-electron chi connectivity index (χ4n) is 0.575. The van der Waals surface area contributed by atoms with Crippen molar-refractivity contribution in [2.45, 2.75) is 5.88 Å². The molecule has 0 unspecified atom stereocenters. The van der Waals surface area contributed by atoms with Crippen LogP contribution >= 0.6 is 27.5 Å². The summed E-state index contributed by atoms with van der Waals surface area (Å²) in [4.78, 5) is 3.99. The number of halogens is 2. The third kappa shape index (κ3) is 1.61. The van der Waals surface area contributed by atoms with Crippen molar-refractivity contribution in [3.05, 3.63) is 22.3 Å². The Balaban J connectivity index is 3.04. The first-order valence-corrected chi connectivity index (χ1v) is 4.03. The molecular weight excluding hydrogens is 215 g/mol. The van der Waals surface area contributed by atoms with Crippen LogP contribution in [-0.4, -0.2) is 4.98 Å². The van der Waals surface area contributed by atoms with E-state index >= 15 is 0 Å². The smallest absolute Gasteiger partial charge is 0.138 e. The normalized spacial score (nSPS) is 9.80. The lowest BCUT2D eigenvalue weighted by atomic mass is 10.4. The van der Waals surface area contributed by atoms with Crippen LogP contribution in [0.15, 0.2) is 16.6 Å². The van der Waals surface area contributed by atoms with E-state index in [1.165, 1.54) is 0 Å². The molecule has 1 aromatic rings. The molecule has 0 aliphatic rings. The number of aromatic nitrogens is 1. The van der Waals surface area contributed by atoms with Crippen LogP contribution in [-0.2, 0) is 5.88 Å². The first-order chi connectivity index (χ1) is 4.74. The van der Waals surface area contributed by atoms with E-state index in [4.69, 9.17) is 17.3 Å². The molecule has 0 atom stereocenters. The van der Waals surface area contributed by atoms with Gasteiger partial charge in [-0.2, -0.15) is 0 Å². The zero-order chi connectivity index (χ0) is 7.56. The maximum absolute atomic E-state index is 5.52. The van der Waals surface area contributed by atoms with Crippen molar-refractivity contribution < 1.29 is 0 Å². The molecule has 0 bridgehead atoms. The van der Waals surface area contributed by atoms with E-state index in [0.29, 0.717) is 11.7 Å². The van der Waals surface area contributed by atoms with Gasteiger partial charge in [-0.15, -0.1) is 11.6 Å². The number of nitrogens with zero attached hydrogens (tertiary/aromatic N) is 1. The topological polar surface area (TPSA) is 38.9 Å². The fraction of sp³-hybridized carbons (Fsp3) is 0.167. The van der Waals surface area contributed by atoms with Crippen LogP contribution in [0.2, 0.25) is 0 Å². The van der Waals surface area contributed by atoms with Gasteiger partial charge in [-0.25, -0.2) is 4.98 Å². The van der Waals surface area contributed by atoms with Crippen LogP contribution in [0.4, 0.5) is 5.82 Å². The van der Waals surface area contributed by atoms with Crippen LogP contribution in [0.3, 0.4) is 0 Å². The Hall–Kier alpha value is -0.280. The standard InChI is InChI=1S/C6H6BrClN2/c7-5-2-1-4(3-8)10-6(5)9/h1-2H,3H2,(H2,9,10). The second-order valence-corrected chi connectivity index (χ2v) is 2.92. The van der Waals surface area contributed by atoms with Crippen LogP contribution < -0.4 is 5.73 Å². The van der Waals surface area contributed by atoms with Gasteiger partial charge < -0.3 is 5.73 Å². The molecule has 0 amide bonds. The van der Waals surface area contributed by atoms with Crippen LogP contribution in [0.5, 0.6) is 0 Å². The number of nitrogens with two attached hydrogens (primary N) is 1. The van der Waals surface area contributed by atoms with Gasteiger partial charge in [0, 0.05) is 0 Å². The highest BCUT2D eigenvalue weighted by atomic mass is 79.9. The summed E-state index contributed by atoms with van der Waals surface area (Å²) < 4.78 is 0.807. The number of hydrogen-bond acceptors (Lipinski definition) is 2. The molecule has 10 heavy (non-hydrogen) atoms. The van der Waals surface area contributed by atoms with Gasteiger partial charge in [0.2, 0.25) is 0 Å². The predicted octanol–water partition coefficient (Wildman–Crippen LogP) is 2.17. The molecule has 54 valence electrons. The third-order valence-electron chi connectivity index (χ3n) is 1.07. The molecule has 1 rings (SSSR count). The minimum absolute atomic E-state index is 0.400. The molecule has 4 heteroatoms. The van der Waals surface area contributed by atoms with Crippen molar-refractivity contribution in [1.82, 2.24) is 4.98 Å². The molecule has 2 nitrogen and oxygen atoms in total. The minimum atomic E-state index is 0.400. The Labute approximate surface area is 72.5 Å². The molecule has 0 spiro atoms. The maximum atomic E-state index is 5.52. The zero-order valence-electron chi connectivity index (χ0n) is 5.14. The summed E-state index contributed by atoms with van der Waals surface area (Å²) in [5.41, 5.74) is 6.27. The van der Waals surface area contributed by atoms with Crippen LogP contribution in [0.25, 0.3) is 0 Å². The molecule has 1 aromatic heterocycles. The monoisotopic (exact) mass is 220 g/mol. The second-order valence-electron chi connectivity index (χ2n) is 1.80. The van der Waals surface area contributed by atoms with Crippen molar-refractivity contribution in [2.24, 2.45) is 0 Å². The average Bonchev–Trinajstić information content (AvgIpc) is 1.95. The largest absolute Gasteiger partial charge is 0.383 e. The molecular formula is C6H6BrClN2. The fourth-order valence-corrected chi connectivity index (χ4v) is 0.944. The number of alkyl halides is 1. The molecule has 0 fully saturated rings. The minimum Gasteiger partial charge on any atom is -0.383 e. The van der Waals surface area contributed by atoms with Crippen molar-refractivity contribution in [3.8, 4) is 0 Å². The first kappa shape index (κ1) is 7.82. The Morgan fingerprint density at radius 1 is 1.60 bits per heavy atom. The SMILES string of the molecule is Nc1nc(CCl)ccc1Br. The van der Waals surface area contributed by atoms with E-state index in [2.05, 4.69) is 20.9 Å². The van der Waals surface area contributed by atoms with E-state index in [0.717, 1.165) is 10.2 Å². The number of hydrogen-bond donors (Lipinski definition) is 1. The Kier molecular flexibility index (Phi) is 2.51. The molecule has 0 aliphatic carbocycles. The second kappa shape index (κ2) is 3.21. The van der Waals surface area contributed by atoms with Gasteiger partial charge >= 0.3 is 0 Å². The van der Waals surface area contributed by atoms with Gasteiger partial charge in [0.25, 0.3) is 0 Å². The Morgan fingerprint density at radius 2 is 2.30 bits per heavy atom. The highest BCUT2D eigenvalue weighted by Gasteiger charge is 1.96. The van der Waals surface area contributed by atoms with Crippen molar-refractivity contribution in [3.63, 3.8) is 0 Å². The van der Waals surface area contributed by atoms with E-state index in [1.807, 2.05) is 12.1 Å². The lowest BCUT2D eigenvalue weighted by Gasteiger charge is -1.97. The summed E-state index contributed by atoms with van der Waals surface area (Å²) in [5.74, 6) is 0.885. The van der Waals surface area contributed by atoms with Gasteiger partial charge in [0.05, 0.1) is 16.0 Å². The summed E-state index contributed by atoms with van der Waals surface area (Å²) in [6.45, 7) is 0. The molecule has 1 heterocycles. The van der Waals surface area contributed by atoms with Gasteiger partial charge in [-0.3, -0.25) is 0 Å². The lowest BCUT2D eigenvalue weighted by molar-refractivity contribution is 1.17.